The minimum Gasteiger partial charge on any atom is -0.496 e. The second-order valence-electron chi connectivity index (χ2n) is 4.24. The van der Waals surface area contributed by atoms with Crippen LogP contribution in [0.25, 0.3) is 0 Å². The van der Waals surface area contributed by atoms with Crippen molar-refractivity contribution in [1.82, 2.24) is 0 Å². The Morgan fingerprint density at radius 1 is 1.10 bits per heavy atom. The number of halogens is 2. The van der Waals surface area contributed by atoms with Gasteiger partial charge in [-0.1, -0.05) is 18.2 Å². The van der Waals surface area contributed by atoms with E-state index in [1.807, 2.05) is 12.1 Å². The molecule has 0 aliphatic rings. The molecule has 0 aliphatic carbocycles. The summed E-state index contributed by atoms with van der Waals surface area (Å²) in [7, 11) is 3.01. The molecule has 1 atom stereocenters. The van der Waals surface area contributed by atoms with Crippen molar-refractivity contribution >= 4 is 15.9 Å². The molecule has 2 N–H and O–H groups in total. The summed E-state index contributed by atoms with van der Waals surface area (Å²) in [6, 6.07) is 9.78. The van der Waals surface area contributed by atoms with E-state index in [0.29, 0.717) is 11.3 Å². The molecule has 0 aromatic heterocycles. The van der Waals surface area contributed by atoms with Gasteiger partial charge in [-0.3, -0.25) is 0 Å². The van der Waals surface area contributed by atoms with Crippen molar-refractivity contribution in [3.05, 3.63) is 57.8 Å². The molecule has 5 heteroatoms. The molecule has 106 valence electrons. The van der Waals surface area contributed by atoms with Gasteiger partial charge in [-0.25, -0.2) is 4.39 Å². The first-order valence-corrected chi connectivity index (χ1v) is 6.79. The quantitative estimate of drug-likeness (QED) is 0.924. The third kappa shape index (κ3) is 2.78. The van der Waals surface area contributed by atoms with E-state index >= 15 is 0 Å². The molecule has 2 aromatic carbocycles. The third-order valence-corrected chi connectivity index (χ3v) is 3.70. The fourth-order valence-corrected chi connectivity index (χ4v) is 2.54. The lowest BCUT2D eigenvalue weighted by Gasteiger charge is -2.16. The van der Waals surface area contributed by atoms with Crippen LogP contribution in [0.3, 0.4) is 0 Å². The third-order valence-electron chi connectivity index (χ3n) is 3.08. The Labute approximate surface area is 125 Å². The zero-order chi connectivity index (χ0) is 14.7. The predicted octanol–water partition coefficient (Wildman–Crippen LogP) is 3.65. The molecule has 20 heavy (non-hydrogen) atoms. The number of benzene rings is 2. The molecule has 2 aromatic rings. The normalized spacial score (nSPS) is 12.1. The van der Waals surface area contributed by atoms with Crippen LogP contribution in [-0.2, 0) is 0 Å². The summed E-state index contributed by atoms with van der Waals surface area (Å²) in [5.41, 5.74) is 7.32. The first kappa shape index (κ1) is 14.8. The lowest BCUT2D eigenvalue weighted by molar-refractivity contribution is 0.383. The summed E-state index contributed by atoms with van der Waals surface area (Å²) in [5.74, 6) is 0.451. The van der Waals surface area contributed by atoms with Gasteiger partial charge in [-0.15, -0.1) is 0 Å². The molecule has 0 fully saturated rings. The van der Waals surface area contributed by atoms with Crippen LogP contribution in [0.4, 0.5) is 4.39 Å². The van der Waals surface area contributed by atoms with Gasteiger partial charge in [0.2, 0.25) is 0 Å². The number of rotatable bonds is 4. The zero-order valence-corrected chi connectivity index (χ0v) is 12.8. The van der Waals surface area contributed by atoms with Crippen molar-refractivity contribution in [1.29, 1.82) is 0 Å². The number of methoxy groups -OCH3 is 2. The number of hydrogen-bond acceptors (Lipinski definition) is 3. The van der Waals surface area contributed by atoms with Gasteiger partial charge in [0.25, 0.3) is 0 Å². The van der Waals surface area contributed by atoms with Crippen LogP contribution in [0, 0.1) is 5.82 Å². The highest BCUT2D eigenvalue weighted by atomic mass is 79.9. The smallest absolute Gasteiger partial charge is 0.170 e. The maximum atomic E-state index is 14.2. The van der Waals surface area contributed by atoms with Gasteiger partial charge in [0, 0.05) is 5.56 Å². The zero-order valence-electron chi connectivity index (χ0n) is 11.2. The fraction of sp³-hybridized carbons (Fsp3) is 0.200. The predicted molar refractivity (Wildman–Crippen MR) is 79.7 cm³/mol. The first-order valence-electron chi connectivity index (χ1n) is 6.00. The van der Waals surface area contributed by atoms with Crippen LogP contribution >= 0.6 is 15.9 Å². The maximum absolute atomic E-state index is 14.2. The lowest BCUT2D eigenvalue weighted by Crippen LogP contribution is -2.14. The summed E-state index contributed by atoms with van der Waals surface area (Å²) >= 11 is 3.40. The van der Waals surface area contributed by atoms with Crippen LogP contribution in [0.2, 0.25) is 0 Å². The molecule has 2 rings (SSSR count). The Kier molecular flexibility index (Phi) is 4.62. The molecular formula is C15H15BrFNO2. The summed E-state index contributed by atoms with van der Waals surface area (Å²) in [4.78, 5) is 0. The maximum Gasteiger partial charge on any atom is 0.170 e. The van der Waals surface area contributed by atoms with Crippen molar-refractivity contribution in [2.75, 3.05) is 14.2 Å². The van der Waals surface area contributed by atoms with E-state index in [-0.39, 0.29) is 5.75 Å². The topological polar surface area (TPSA) is 44.5 Å². The fourth-order valence-electron chi connectivity index (χ4n) is 1.98. The molecule has 0 bridgehead atoms. The first-order chi connectivity index (χ1) is 9.58. The highest BCUT2D eigenvalue weighted by Gasteiger charge is 2.17. The molecular weight excluding hydrogens is 325 g/mol. The summed E-state index contributed by atoms with van der Waals surface area (Å²) < 4.78 is 25.1. The van der Waals surface area contributed by atoms with Crippen LogP contribution in [0.1, 0.15) is 17.2 Å². The van der Waals surface area contributed by atoms with Crippen molar-refractivity contribution < 1.29 is 13.9 Å². The summed E-state index contributed by atoms with van der Waals surface area (Å²) in [6.07, 6.45) is 0. The van der Waals surface area contributed by atoms with E-state index < -0.39 is 11.9 Å². The minimum absolute atomic E-state index is 0.186. The number of ether oxygens (including phenoxy) is 2. The van der Waals surface area contributed by atoms with Gasteiger partial charge in [-0.05, 0) is 39.7 Å². The molecule has 0 radical (unpaired) electrons. The summed E-state index contributed by atoms with van der Waals surface area (Å²) in [5, 5.41) is 0. The summed E-state index contributed by atoms with van der Waals surface area (Å²) in [6.45, 7) is 0. The van der Waals surface area contributed by atoms with E-state index in [9.17, 15) is 4.39 Å². The van der Waals surface area contributed by atoms with Gasteiger partial charge in [0.15, 0.2) is 11.6 Å². The molecule has 0 amide bonds. The molecule has 0 saturated heterocycles. The lowest BCUT2D eigenvalue weighted by atomic mass is 9.99. The van der Waals surface area contributed by atoms with Gasteiger partial charge < -0.3 is 15.2 Å². The van der Waals surface area contributed by atoms with Gasteiger partial charge >= 0.3 is 0 Å². The Morgan fingerprint density at radius 3 is 2.40 bits per heavy atom. The van der Waals surface area contributed by atoms with E-state index in [4.69, 9.17) is 15.2 Å². The van der Waals surface area contributed by atoms with Crippen LogP contribution < -0.4 is 15.2 Å². The Hall–Kier alpha value is -1.59. The van der Waals surface area contributed by atoms with Gasteiger partial charge in [-0.2, -0.15) is 0 Å². The van der Waals surface area contributed by atoms with Crippen molar-refractivity contribution in [2.24, 2.45) is 5.73 Å². The van der Waals surface area contributed by atoms with Crippen molar-refractivity contribution in [3.8, 4) is 11.5 Å². The van der Waals surface area contributed by atoms with Gasteiger partial charge in [0.1, 0.15) is 5.75 Å². The second-order valence-corrected chi connectivity index (χ2v) is 5.09. The molecule has 3 nitrogen and oxygen atoms in total. The second kappa shape index (κ2) is 6.24. The molecule has 0 heterocycles. The average Bonchev–Trinajstić information content (AvgIpc) is 2.46. The largest absolute Gasteiger partial charge is 0.496 e. The molecule has 0 aliphatic heterocycles. The van der Waals surface area contributed by atoms with Gasteiger partial charge in [0.05, 0.1) is 24.7 Å². The monoisotopic (exact) mass is 339 g/mol. The standard InChI is InChI=1S/C15H15BrFNO2/c1-19-12-7-6-9(8-11(12)16)15(18)10-4-3-5-13(20-2)14(10)17/h3-8,15H,18H2,1-2H3. The molecule has 1 unspecified atom stereocenters. The number of hydrogen-bond donors (Lipinski definition) is 1. The SMILES string of the molecule is COc1ccc(C(N)c2cccc(OC)c2F)cc1Br. The van der Waals surface area contributed by atoms with E-state index in [1.165, 1.54) is 7.11 Å². The van der Waals surface area contributed by atoms with E-state index in [0.717, 1.165) is 10.0 Å². The highest BCUT2D eigenvalue weighted by molar-refractivity contribution is 9.10. The molecule has 0 spiro atoms. The van der Waals surface area contributed by atoms with Crippen LogP contribution in [-0.4, -0.2) is 14.2 Å². The highest BCUT2D eigenvalue weighted by Crippen LogP contribution is 2.32. The van der Waals surface area contributed by atoms with Crippen molar-refractivity contribution in [3.63, 3.8) is 0 Å². The van der Waals surface area contributed by atoms with Crippen LogP contribution in [0.15, 0.2) is 40.9 Å². The van der Waals surface area contributed by atoms with Crippen LogP contribution in [0.5, 0.6) is 11.5 Å². The van der Waals surface area contributed by atoms with E-state index in [1.54, 1.807) is 31.4 Å². The minimum atomic E-state index is -0.577. The molecule has 0 saturated carbocycles. The number of nitrogens with two attached hydrogens (primary N) is 1. The Balaban J connectivity index is 2.41. The van der Waals surface area contributed by atoms with E-state index in [2.05, 4.69) is 15.9 Å². The van der Waals surface area contributed by atoms with Crippen molar-refractivity contribution in [2.45, 2.75) is 6.04 Å². The Morgan fingerprint density at radius 2 is 1.80 bits per heavy atom. The average molecular weight is 340 g/mol. The Bertz CT molecular complexity index is 619.